The Balaban J connectivity index is 3.57. The Bertz CT molecular complexity index is 263. The fraction of sp³-hybridized carbons (Fsp3) is 1.00. The lowest BCUT2D eigenvalue weighted by molar-refractivity contribution is 0.416. The molecule has 0 aromatic carbocycles. The second kappa shape index (κ2) is 8.03. The molecule has 5 heteroatoms. The Morgan fingerprint density at radius 3 is 2.31 bits per heavy atom. The molecule has 0 aliphatic carbocycles. The molecule has 0 radical (unpaired) electrons. The van der Waals surface area contributed by atoms with Crippen molar-refractivity contribution in [3.63, 3.8) is 0 Å². The monoisotopic (exact) mass is 250 g/mol. The Labute approximate surface area is 100 Å². The lowest BCUT2D eigenvalue weighted by atomic mass is 10.1. The standard InChI is InChI=1S/C11H26N2O2S/c1-5-13(16(4,14)15)10-6-8-12-9-7-11(2)3/h11-12H,5-10H2,1-4H3. The smallest absolute Gasteiger partial charge is 0.211 e. The van der Waals surface area contributed by atoms with Crippen LogP contribution in [0.15, 0.2) is 0 Å². The van der Waals surface area contributed by atoms with E-state index in [2.05, 4.69) is 19.2 Å². The van der Waals surface area contributed by atoms with Gasteiger partial charge in [0, 0.05) is 13.1 Å². The number of sulfonamides is 1. The minimum Gasteiger partial charge on any atom is -0.317 e. The molecule has 0 unspecified atom stereocenters. The van der Waals surface area contributed by atoms with E-state index < -0.39 is 10.0 Å². The van der Waals surface area contributed by atoms with Crippen LogP contribution < -0.4 is 5.32 Å². The molecule has 0 aromatic rings. The highest BCUT2D eigenvalue weighted by atomic mass is 32.2. The van der Waals surface area contributed by atoms with Crippen molar-refractivity contribution >= 4 is 10.0 Å². The molecule has 0 aliphatic heterocycles. The minimum atomic E-state index is -3.02. The third kappa shape index (κ3) is 8.07. The van der Waals surface area contributed by atoms with E-state index in [1.807, 2.05) is 6.92 Å². The molecule has 0 aromatic heterocycles. The third-order valence-electron chi connectivity index (χ3n) is 2.48. The molecule has 0 atom stereocenters. The molecular weight excluding hydrogens is 224 g/mol. The van der Waals surface area contributed by atoms with Crippen molar-refractivity contribution < 1.29 is 8.42 Å². The van der Waals surface area contributed by atoms with Gasteiger partial charge in [-0.05, 0) is 31.8 Å². The van der Waals surface area contributed by atoms with Gasteiger partial charge in [0.15, 0.2) is 0 Å². The summed E-state index contributed by atoms with van der Waals surface area (Å²) in [4.78, 5) is 0. The lowest BCUT2D eigenvalue weighted by Crippen LogP contribution is -2.32. The number of nitrogens with zero attached hydrogens (tertiary/aromatic N) is 1. The summed E-state index contributed by atoms with van der Waals surface area (Å²) in [6.45, 7) is 9.35. The normalized spacial score (nSPS) is 12.6. The summed E-state index contributed by atoms with van der Waals surface area (Å²) in [6, 6.07) is 0. The van der Waals surface area contributed by atoms with Gasteiger partial charge in [-0.2, -0.15) is 0 Å². The Kier molecular flexibility index (Phi) is 7.97. The molecule has 1 N–H and O–H groups in total. The predicted octanol–water partition coefficient (Wildman–Crippen LogP) is 1.29. The maximum absolute atomic E-state index is 11.3. The SMILES string of the molecule is CCN(CCCNCCC(C)C)S(C)(=O)=O. The second-order valence-electron chi connectivity index (χ2n) is 4.54. The average Bonchev–Trinajstić information content (AvgIpc) is 2.14. The summed E-state index contributed by atoms with van der Waals surface area (Å²) in [6.07, 6.45) is 3.31. The maximum Gasteiger partial charge on any atom is 0.211 e. The van der Waals surface area contributed by atoms with Gasteiger partial charge < -0.3 is 5.32 Å². The van der Waals surface area contributed by atoms with E-state index in [1.54, 1.807) is 0 Å². The molecule has 0 fully saturated rings. The molecule has 0 rings (SSSR count). The van der Waals surface area contributed by atoms with Gasteiger partial charge in [-0.15, -0.1) is 0 Å². The van der Waals surface area contributed by atoms with Crippen molar-refractivity contribution in [1.82, 2.24) is 9.62 Å². The van der Waals surface area contributed by atoms with E-state index in [0.717, 1.165) is 25.4 Å². The van der Waals surface area contributed by atoms with Crippen LogP contribution in [-0.4, -0.2) is 45.2 Å². The summed E-state index contributed by atoms with van der Waals surface area (Å²) in [7, 11) is -3.02. The van der Waals surface area contributed by atoms with E-state index in [1.165, 1.54) is 17.0 Å². The number of nitrogens with one attached hydrogen (secondary N) is 1. The van der Waals surface area contributed by atoms with E-state index >= 15 is 0 Å². The molecule has 16 heavy (non-hydrogen) atoms. The Morgan fingerprint density at radius 2 is 1.88 bits per heavy atom. The minimum absolute atomic E-state index is 0.560. The van der Waals surface area contributed by atoms with Crippen molar-refractivity contribution in [1.29, 1.82) is 0 Å². The van der Waals surface area contributed by atoms with Crippen LogP contribution in [-0.2, 0) is 10.0 Å². The summed E-state index contributed by atoms with van der Waals surface area (Å²) < 4.78 is 24.1. The molecule has 0 amide bonds. The summed E-state index contributed by atoms with van der Waals surface area (Å²) in [5, 5.41) is 3.33. The molecule has 0 aliphatic rings. The average molecular weight is 250 g/mol. The molecule has 0 bridgehead atoms. The maximum atomic E-state index is 11.3. The molecule has 0 heterocycles. The highest BCUT2D eigenvalue weighted by molar-refractivity contribution is 7.88. The molecule has 4 nitrogen and oxygen atoms in total. The van der Waals surface area contributed by atoms with Gasteiger partial charge in [-0.25, -0.2) is 12.7 Å². The van der Waals surface area contributed by atoms with E-state index in [-0.39, 0.29) is 0 Å². The molecular formula is C11H26N2O2S. The van der Waals surface area contributed by atoms with Crippen LogP contribution in [0.4, 0.5) is 0 Å². The highest BCUT2D eigenvalue weighted by Crippen LogP contribution is 1.99. The van der Waals surface area contributed by atoms with E-state index in [4.69, 9.17) is 0 Å². The van der Waals surface area contributed by atoms with Crippen molar-refractivity contribution in [3.8, 4) is 0 Å². The van der Waals surface area contributed by atoms with Crippen molar-refractivity contribution in [2.75, 3.05) is 32.4 Å². The first kappa shape index (κ1) is 15.9. The van der Waals surface area contributed by atoms with E-state index in [9.17, 15) is 8.42 Å². The van der Waals surface area contributed by atoms with Gasteiger partial charge >= 0.3 is 0 Å². The first-order chi connectivity index (χ1) is 7.38. The first-order valence-corrected chi connectivity index (χ1v) is 7.88. The quantitative estimate of drug-likeness (QED) is 0.627. The van der Waals surface area contributed by atoms with Gasteiger partial charge in [0.25, 0.3) is 0 Å². The summed E-state index contributed by atoms with van der Waals surface area (Å²) in [5.41, 5.74) is 0. The Hall–Kier alpha value is -0.130. The van der Waals surface area contributed by atoms with Crippen LogP contribution in [0.2, 0.25) is 0 Å². The van der Waals surface area contributed by atoms with Crippen molar-refractivity contribution in [3.05, 3.63) is 0 Å². The zero-order chi connectivity index (χ0) is 12.6. The van der Waals surface area contributed by atoms with Crippen molar-refractivity contribution in [2.24, 2.45) is 5.92 Å². The topological polar surface area (TPSA) is 49.4 Å². The largest absolute Gasteiger partial charge is 0.317 e. The predicted molar refractivity (Wildman–Crippen MR) is 69.0 cm³/mol. The van der Waals surface area contributed by atoms with E-state index in [0.29, 0.717) is 13.1 Å². The zero-order valence-corrected chi connectivity index (χ0v) is 11.8. The number of hydrogen-bond acceptors (Lipinski definition) is 3. The second-order valence-corrected chi connectivity index (χ2v) is 6.52. The number of rotatable bonds is 9. The van der Waals surface area contributed by atoms with Crippen LogP contribution in [0.25, 0.3) is 0 Å². The summed E-state index contributed by atoms with van der Waals surface area (Å²) >= 11 is 0. The molecule has 98 valence electrons. The highest BCUT2D eigenvalue weighted by Gasteiger charge is 2.12. The van der Waals surface area contributed by atoms with Crippen LogP contribution in [0.3, 0.4) is 0 Å². The third-order valence-corrected chi connectivity index (χ3v) is 3.86. The first-order valence-electron chi connectivity index (χ1n) is 6.03. The van der Waals surface area contributed by atoms with Gasteiger partial charge in [0.2, 0.25) is 10.0 Å². The van der Waals surface area contributed by atoms with Gasteiger partial charge in [-0.1, -0.05) is 20.8 Å². The summed E-state index contributed by atoms with van der Waals surface area (Å²) in [5.74, 6) is 0.718. The van der Waals surface area contributed by atoms with Crippen LogP contribution >= 0.6 is 0 Å². The Morgan fingerprint density at radius 1 is 1.25 bits per heavy atom. The molecule has 0 saturated heterocycles. The lowest BCUT2D eigenvalue weighted by Gasteiger charge is -2.17. The fourth-order valence-corrected chi connectivity index (χ4v) is 2.38. The van der Waals surface area contributed by atoms with Crippen LogP contribution in [0.5, 0.6) is 0 Å². The van der Waals surface area contributed by atoms with Crippen molar-refractivity contribution in [2.45, 2.75) is 33.6 Å². The zero-order valence-electron chi connectivity index (χ0n) is 11.0. The number of hydrogen-bond donors (Lipinski definition) is 1. The van der Waals surface area contributed by atoms with Gasteiger partial charge in [0.05, 0.1) is 6.26 Å². The molecule has 0 spiro atoms. The molecule has 0 saturated carbocycles. The van der Waals surface area contributed by atoms with Crippen LogP contribution in [0, 0.1) is 5.92 Å². The fourth-order valence-electron chi connectivity index (χ4n) is 1.45. The van der Waals surface area contributed by atoms with Crippen LogP contribution in [0.1, 0.15) is 33.6 Å². The van der Waals surface area contributed by atoms with Gasteiger partial charge in [0.1, 0.15) is 0 Å². The van der Waals surface area contributed by atoms with Gasteiger partial charge in [-0.3, -0.25) is 0 Å².